The molecule has 0 aliphatic heterocycles. The molecular formula is C14H16N4O4. The number of nitrogens with zero attached hydrogens (tertiary/aromatic N) is 2. The van der Waals surface area contributed by atoms with Crippen molar-refractivity contribution in [2.75, 3.05) is 0 Å². The van der Waals surface area contributed by atoms with E-state index in [1.54, 1.807) is 49.1 Å². The zero-order chi connectivity index (χ0) is 16.2. The molecule has 0 unspecified atom stereocenters. The molecule has 2 heterocycles. The van der Waals surface area contributed by atoms with Crippen LogP contribution in [0, 0.1) is 0 Å². The third-order valence-corrected chi connectivity index (χ3v) is 2.39. The smallest absolute Gasteiger partial charge is 0.404 e. The SMILES string of the molecule is O=C(O)NCc1ccncc1.O=C(O)NCc1ccncc1. The normalized spacial score (nSPS) is 9.09. The molecule has 22 heavy (non-hydrogen) atoms. The molecule has 2 rings (SSSR count). The summed E-state index contributed by atoms with van der Waals surface area (Å²) >= 11 is 0. The summed E-state index contributed by atoms with van der Waals surface area (Å²) < 4.78 is 0. The van der Waals surface area contributed by atoms with Crippen LogP contribution in [-0.4, -0.2) is 32.4 Å². The lowest BCUT2D eigenvalue weighted by atomic mass is 10.3. The van der Waals surface area contributed by atoms with Crippen molar-refractivity contribution < 1.29 is 19.8 Å². The first-order valence-electron chi connectivity index (χ1n) is 6.29. The Hall–Kier alpha value is -3.16. The van der Waals surface area contributed by atoms with Crippen LogP contribution in [0.3, 0.4) is 0 Å². The van der Waals surface area contributed by atoms with Crippen molar-refractivity contribution in [1.82, 2.24) is 20.6 Å². The van der Waals surface area contributed by atoms with Gasteiger partial charge >= 0.3 is 12.2 Å². The lowest BCUT2D eigenvalue weighted by Gasteiger charge is -1.98. The highest BCUT2D eigenvalue weighted by molar-refractivity contribution is 5.64. The number of pyridine rings is 2. The molecule has 2 aromatic heterocycles. The Kier molecular flexibility index (Phi) is 7.45. The Morgan fingerprint density at radius 2 is 1.09 bits per heavy atom. The fraction of sp³-hybridized carbons (Fsp3) is 0.143. The number of hydrogen-bond donors (Lipinski definition) is 4. The fourth-order valence-corrected chi connectivity index (χ4v) is 1.36. The first-order chi connectivity index (χ1) is 10.6. The van der Waals surface area contributed by atoms with E-state index in [0.29, 0.717) is 13.1 Å². The summed E-state index contributed by atoms with van der Waals surface area (Å²) in [6.45, 7) is 0.662. The molecule has 0 aromatic carbocycles. The third kappa shape index (κ3) is 8.10. The van der Waals surface area contributed by atoms with E-state index in [1.165, 1.54) is 0 Å². The van der Waals surface area contributed by atoms with Crippen LogP contribution in [0.15, 0.2) is 49.1 Å². The van der Waals surface area contributed by atoms with E-state index in [2.05, 4.69) is 20.6 Å². The van der Waals surface area contributed by atoms with E-state index in [-0.39, 0.29) is 0 Å². The largest absolute Gasteiger partial charge is 0.465 e. The van der Waals surface area contributed by atoms with Gasteiger partial charge in [0.15, 0.2) is 0 Å². The van der Waals surface area contributed by atoms with Crippen molar-refractivity contribution in [2.45, 2.75) is 13.1 Å². The van der Waals surface area contributed by atoms with Gasteiger partial charge in [-0.3, -0.25) is 9.97 Å². The van der Waals surface area contributed by atoms with Crippen molar-refractivity contribution in [3.8, 4) is 0 Å². The zero-order valence-corrected chi connectivity index (χ0v) is 11.6. The molecule has 2 aromatic rings. The van der Waals surface area contributed by atoms with Gasteiger partial charge in [0.2, 0.25) is 0 Å². The molecular weight excluding hydrogens is 288 g/mol. The van der Waals surface area contributed by atoms with E-state index >= 15 is 0 Å². The van der Waals surface area contributed by atoms with Gasteiger partial charge in [0.05, 0.1) is 0 Å². The summed E-state index contributed by atoms with van der Waals surface area (Å²) in [5, 5.41) is 21.0. The first-order valence-corrected chi connectivity index (χ1v) is 6.29. The van der Waals surface area contributed by atoms with Crippen molar-refractivity contribution in [3.05, 3.63) is 60.2 Å². The highest BCUT2D eigenvalue weighted by Gasteiger charge is 1.94. The van der Waals surface area contributed by atoms with Gasteiger partial charge in [-0.15, -0.1) is 0 Å². The molecule has 0 fully saturated rings. The number of amides is 2. The minimum absolute atomic E-state index is 0.331. The highest BCUT2D eigenvalue weighted by Crippen LogP contribution is 1.94. The van der Waals surface area contributed by atoms with Gasteiger partial charge in [-0.1, -0.05) is 0 Å². The summed E-state index contributed by atoms with van der Waals surface area (Å²) in [4.78, 5) is 27.7. The number of carbonyl (C=O) groups is 2. The Morgan fingerprint density at radius 3 is 1.36 bits per heavy atom. The molecule has 8 nitrogen and oxygen atoms in total. The fourth-order valence-electron chi connectivity index (χ4n) is 1.36. The van der Waals surface area contributed by atoms with E-state index < -0.39 is 12.2 Å². The molecule has 0 spiro atoms. The van der Waals surface area contributed by atoms with Crippen LogP contribution < -0.4 is 10.6 Å². The van der Waals surface area contributed by atoms with E-state index in [1.807, 2.05) is 0 Å². The second-order valence-corrected chi connectivity index (χ2v) is 4.03. The molecule has 0 saturated carbocycles. The number of aromatic nitrogens is 2. The number of rotatable bonds is 4. The van der Waals surface area contributed by atoms with Crippen LogP contribution in [0.5, 0.6) is 0 Å². The van der Waals surface area contributed by atoms with Gasteiger partial charge in [0.1, 0.15) is 0 Å². The van der Waals surface area contributed by atoms with Crippen LogP contribution in [-0.2, 0) is 13.1 Å². The maximum atomic E-state index is 10.0. The Morgan fingerprint density at radius 1 is 0.773 bits per heavy atom. The molecule has 8 heteroatoms. The molecule has 0 saturated heterocycles. The summed E-state index contributed by atoms with van der Waals surface area (Å²) in [6, 6.07) is 7.04. The van der Waals surface area contributed by atoms with Crippen molar-refractivity contribution in [2.24, 2.45) is 0 Å². The van der Waals surface area contributed by atoms with Crippen LogP contribution in [0.2, 0.25) is 0 Å². The van der Waals surface area contributed by atoms with Crippen molar-refractivity contribution >= 4 is 12.2 Å². The summed E-state index contributed by atoms with van der Waals surface area (Å²) in [5.74, 6) is 0. The zero-order valence-electron chi connectivity index (χ0n) is 11.6. The van der Waals surface area contributed by atoms with Crippen LogP contribution in [0.1, 0.15) is 11.1 Å². The second kappa shape index (κ2) is 9.70. The predicted octanol–water partition coefficient (Wildman–Crippen LogP) is 1.70. The molecule has 4 N–H and O–H groups in total. The Balaban J connectivity index is 0.000000220. The third-order valence-electron chi connectivity index (χ3n) is 2.39. The van der Waals surface area contributed by atoms with Gasteiger partial charge in [-0.2, -0.15) is 0 Å². The van der Waals surface area contributed by atoms with Crippen molar-refractivity contribution in [1.29, 1.82) is 0 Å². The Labute approximate surface area is 126 Å². The monoisotopic (exact) mass is 304 g/mol. The molecule has 2 amide bonds. The summed E-state index contributed by atoms with van der Waals surface area (Å²) in [5.41, 5.74) is 1.81. The van der Waals surface area contributed by atoms with Gasteiger partial charge in [0.25, 0.3) is 0 Å². The topological polar surface area (TPSA) is 124 Å². The Bertz CT molecular complexity index is 524. The maximum absolute atomic E-state index is 10.0. The molecule has 0 bridgehead atoms. The average Bonchev–Trinajstić information content (AvgIpc) is 2.53. The predicted molar refractivity (Wildman–Crippen MR) is 78.2 cm³/mol. The lowest BCUT2D eigenvalue weighted by molar-refractivity contribution is 0.192. The molecule has 116 valence electrons. The van der Waals surface area contributed by atoms with Crippen LogP contribution >= 0.6 is 0 Å². The van der Waals surface area contributed by atoms with Gasteiger partial charge in [-0.25, -0.2) is 9.59 Å². The summed E-state index contributed by atoms with van der Waals surface area (Å²) in [6.07, 6.45) is 4.47. The summed E-state index contributed by atoms with van der Waals surface area (Å²) in [7, 11) is 0. The number of nitrogens with one attached hydrogen (secondary N) is 2. The van der Waals surface area contributed by atoms with Crippen LogP contribution in [0.25, 0.3) is 0 Å². The van der Waals surface area contributed by atoms with Gasteiger partial charge in [-0.05, 0) is 35.4 Å². The molecule has 0 aliphatic carbocycles. The van der Waals surface area contributed by atoms with E-state index in [9.17, 15) is 9.59 Å². The van der Waals surface area contributed by atoms with E-state index in [4.69, 9.17) is 10.2 Å². The first kappa shape index (κ1) is 16.9. The highest BCUT2D eigenvalue weighted by atomic mass is 16.4. The van der Waals surface area contributed by atoms with Gasteiger partial charge < -0.3 is 20.8 Å². The second-order valence-electron chi connectivity index (χ2n) is 4.03. The molecule has 0 radical (unpaired) electrons. The maximum Gasteiger partial charge on any atom is 0.404 e. The molecule has 0 aliphatic rings. The quantitative estimate of drug-likeness (QED) is 0.681. The van der Waals surface area contributed by atoms with Crippen molar-refractivity contribution in [3.63, 3.8) is 0 Å². The average molecular weight is 304 g/mol. The minimum atomic E-state index is -1.01. The minimum Gasteiger partial charge on any atom is -0.465 e. The van der Waals surface area contributed by atoms with Gasteiger partial charge in [0, 0.05) is 37.9 Å². The lowest BCUT2D eigenvalue weighted by Crippen LogP contribution is -2.19. The van der Waals surface area contributed by atoms with Crippen LogP contribution in [0.4, 0.5) is 9.59 Å². The van der Waals surface area contributed by atoms with E-state index in [0.717, 1.165) is 11.1 Å². The molecule has 0 atom stereocenters. The number of hydrogen-bond acceptors (Lipinski definition) is 4. The standard InChI is InChI=1S/2C7H8N2O2/c2*10-7(11)9-5-6-1-3-8-4-2-6/h2*1-4,9H,5H2,(H,10,11). The number of carboxylic acid groups (broad SMARTS) is 2.